The van der Waals surface area contributed by atoms with Crippen molar-refractivity contribution in [3.8, 4) is 6.07 Å². The molecule has 18 heavy (non-hydrogen) atoms. The molecule has 1 atom stereocenters. The first-order valence-corrected chi connectivity index (χ1v) is 6.98. The molecule has 0 amide bonds. The molecule has 1 aromatic heterocycles. The van der Waals surface area contributed by atoms with Crippen molar-refractivity contribution in [1.29, 1.82) is 5.26 Å². The lowest BCUT2D eigenvalue weighted by atomic mass is 9.94. The number of carbonyl (C=O) groups is 1. The maximum Gasteiger partial charge on any atom is 0.194 e. The van der Waals surface area contributed by atoms with Gasteiger partial charge in [0.2, 0.25) is 0 Å². The molecule has 0 spiro atoms. The van der Waals surface area contributed by atoms with Crippen LogP contribution in [0.2, 0.25) is 0 Å². The summed E-state index contributed by atoms with van der Waals surface area (Å²) < 4.78 is 0.895. The largest absolute Gasteiger partial charge is 0.291 e. The third-order valence-corrected chi connectivity index (χ3v) is 4.26. The van der Waals surface area contributed by atoms with Crippen LogP contribution in [-0.2, 0) is 0 Å². The van der Waals surface area contributed by atoms with Crippen LogP contribution in [0.3, 0.4) is 0 Å². The van der Waals surface area contributed by atoms with E-state index in [9.17, 15) is 10.1 Å². The molecule has 0 radical (unpaired) electrons. The Kier molecular flexibility index (Phi) is 3.95. The van der Waals surface area contributed by atoms with Crippen LogP contribution in [0.15, 0.2) is 40.2 Å². The Labute approximate surface area is 118 Å². The summed E-state index contributed by atoms with van der Waals surface area (Å²) in [4.78, 5) is 12.8. The molecule has 2 aromatic rings. The third kappa shape index (κ3) is 2.69. The van der Waals surface area contributed by atoms with Gasteiger partial charge in [-0.1, -0.05) is 29.8 Å². The van der Waals surface area contributed by atoms with Crippen molar-refractivity contribution in [3.63, 3.8) is 0 Å². The normalized spacial score (nSPS) is 11.8. The van der Waals surface area contributed by atoms with E-state index in [1.54, 1.807) is 6.07 Å². The molecule has 2 rings (SSSR count). The molecular weight excluding hydrogens is 310 g/mol. The van der Waals surface area contributed by atoms with E-state index in [1.165, 1.54) is 11.3 Å². The fourth-order valence-corrected chi connectivity index (χ4v) is 2.99. The molecule has 0 fully saturated rings. The van der Waals surface area contributed by atoms with Crippen molar-refractivity contribution in [3.05, 3.63) is 56.2 Å². The highest BCUT2D eigenvalue weighted by Gasteiger charge is 2.22. The topological polar surface area (TPSA) is 40.9 Å². The van der Waals surface area contributed by atoms with Crippen molar-refractivity contribution in [2.24, 2.45) is 0 Å². The number of hydrogen-bond acceptors (Lipinski definition) is 3. The SMILES string of the molecule is Cc1ccc(C(C#N)C(=O)c2ccc(Br)s2)cc1. The maximum atomic E-state index is 12.2. The summed E-state index contributed by atoms with van der Waals surface area (Å²) in [6.07, 6.45) is 0. The molecule has 90 valence electrons. The molecule has 4 heteroatoms. The number of aryl methyl sites for hydroxylation is 1. The van der Waals surface area contributed by atoms with Gasteiger partial charge in [0.1, 0.15) is 5.92 Å². The first-order valence-electron chi connectivity index (χ1n) is 5.37. The predicted octanol–water partition coefficient (Wildman–Crippen LogP) is 4.31. The fraction of sp³-hybridized carbons (Fsp3) is 0.143. The summed E-state index contributed by atoms with van der Waals surface area (Å²) in [5.41, 5.74) is 1.86. The van der Waals surface area contributed by atoms with Crippen LogP contribution in [0.1, 0.15) is 26.7 Å². The third-order valence-electron chi connectivity index (χ3n) is 2.62. The van der Waals surface area contributed by atoms with Crippen LogP contribution in [-0.4, -0.2) is 5.78 Å². The van der Waals surface area contributed by atoms with Gasteiger partial charge in [-0.15, -0.1) is 11.3 Å². The van der Waals surface area contributed by atoms with Crippen molar-refractivity contribution in [1.82, 2.24) is 0 Å². The number of carbonyl (C=O) groups excluding carboxylic acids is 1. The quantitative estimate of drug-likeness (QED) is 0.791. The molecule has 0 aliphatic rings. The van der Waals surface area contributed by atoms with Crippen LogP contribution in [0.25, 0.3) is 0 Å². The number of rotatable bonds is 3. The molecule has 1 aromatic carbocycles. The first-order chi connectivity index (χ1) is 8.61. The Morgan fingerprint density at radius 1 is 1.28 bits per heavy atom. The number of nitriles is 1. The van der Waals surface area contributed by atoms with E-state index < -0.39 is 5.92 Å². The van der Waals surface area contributed by atoms with Crippen molar-refractivity contribution in [2.75, 3.05) is 0 Å². The zero-order valence-corrected chi connectivity index (χ0v) is 12.1. The van der Waals surface area contributed by atoms with Gasteiger partial charge < -0.3 is 0 Å². The summed E-state index contributed by atoms with van der Waals surface area (Å²) in [5.74, 6) is -0.867. The monoisotopic (exact) mass is 319 g/mol. The molecule has 0 aliphatic heterocycles. The molecule has 2 nitrogen and oxygen atoms in total. The van der Waals surface area contributed by atoms with Gasteiger partial charge in [-0.2, -0.15) is 5.26 Å². The molecule has 0 saturated heterocycles. The Morgan fingerprint density at radius 3 is 2.44 bits per heavy atom. The number of halogens is 1. The fourth-order valence-electron chi connectivity index (χ4n) is 1.63. The first kappa shape index (κ1) is 13.0. The number of ketones is 1. The van der Waals surface area contributed by atoms with Gasteiger partial charge in [-0.3, -0.25) is 4.79 Å². The second-order valence-electron chi connectivity index (χ2n) is 3.94. The number of Topliss-reactive ketones (excluding diaryl/α,β-unsaturated/α-hetero) is 1. The lowest BCUT2D eigenvalue weighted by molar-refractivity contribution is 0.0983. The Morgan fingerprint density at radius 2 is 1.94 bits per heavy atom. The van der Waals surface area contributed by atoms with Gasteiger partial charge in [0.15, 0.2) is 5.78 Å². The van der Waals surface area contributed by atoms with Gasteiger partial charge in [-0.05, 0) is 40.5 Å². The summed E-state index contributed by atoms with van der Waals surface area (Å²) in [6, 6.07) is 13.2. The average molecular weight is 320 g/mol. The number of benzene rings is 1. The van der Waals surface area contributed by atoms with E-state index >= 15 is 0 Å². The molecular formula is C14H10BrNOS. The van der Waals surface area contributed by atoms with Crippen LogP contribution < -0.4 is 0 Å². The lowest BCUT2D eigenvalue weighted by Gasteiger charge is -2.07. The van der Waals surface area contributed by atoms with Crippen molar-refractivity contribution >= 4 is 33.0 Å². The van der Waals surface area contributed by atoms with Crippen LogP contribution in [0.4, 0.5) is 0 Å². The predicted molar refractivity (Wildman–Crippen MR) is 75.9 cm³/mol. The summed E-state index contributed by atoms with van der Waals surface area (Å²) in [7, 11) is 0. The summed E-state index contributed by atoms with van der Waals surface area (Å²) in [6.45, 7) is 1.98. The van der Waals surface area contributed by atoms with E-state index in [0.29, 0.717) is 4.88 Å². The minimum absolute atomic E-state index is 0.142. The Bertz CT molecular complexity index is 609. The van der Waals surface area contributed by atoms with E-state index in [-0.39, 0.29) is 5.78 Å². The van der Waals surface area contributed by atoms with E-state index in [0.717, 1.165) is 14.9 Å². The number of nitrogens with zero attached hydrogens (tertiary/aromatic N) is 1. The minimum Gasteiger partial charge on any atom is -0.291 e. The zero-order valence-electron chi connectivity index (χ0n) is 9.68. The average Bonchev–Trinajstić information content (AvgIpc) is 2.79. The van der Waals surface area contributed by atoms with Gasteiger partial charge >= 0.3 is 0 Å². The molecule has 0 aliphatic carbocycles. The van der Waals surface area contributed by atoms with Crippen molar-refractivity contribution in [2.45, 2.75) is 12.8 Å². The molecule has 1 unspecified atom stereocenters. The van der Waals surface area contributed by atoms with Gasteiger partial charge in [0.25, 0.3) is 0 Å². The molecule has 0 N–H and O–H groups in total. The summed E-state index contributed by atoms with van der Waals surface area (Å²) in [5, 5.41) is 9.21. The van der Waals surface area contributed by atoms with E-state index in [1.807, 2.05) is 37.3 Å². The summed E-state index contributed by atoms with van der Waals surface area (Å²) >= 11 is 4.67. The van der Waals surface area contributed by atoms with E-state index in [2.05, 4.69) is 22.0 Å². The maximum absolute atomic E-state index is 12.2. The van der Waals surface area contributed by atoms with Crippen LogP contribution >= 0.6 is 27.3 Å². The smallest absolute Gasteiger partial charge is 0.194 e. The van der Waals surface area contributed by atoms with Gasteiger partial charge in [0.05, 0.1) is 14.7 Å². The Balaban J connectivity index is 2.32. The Hall–Kier alpha value is -1.44. The molecule has 0 bridgehead atoms. The second-order valence-corrected chi connectivity index (χ2v) is 6.40. The van der Waals surface area contributed by atoms with Crippen molar-refractivity contribution < 1.29 is 4.79 Å². The van der Waals surface area contributed by atoms with Crippen LogP contribution in [0.5, 0.6) is 0 Å². The molecule has 1 heterocycles. The standard InChI is InChI=1S/C14H10BrNOS/c1-9-2-4-10(5-3-9)11(8-16)14(17)12-6-7-13(15)18-12/h2-7,11H,1H3. The van der Waals surface area contributed by atoms with Gasteiger partial charge in [0, 0.05) is 0 Å². The van der Waals surface area contributed by atoms with Crippen LogP contribution in [0, 0.1) is 18.3 Å². The minimum atomic E-state index is -0.726. The number of hydrogen-bond donors (Lipinski definition) is 0. The second kappa shape index (κ2) is 5.47. The van der Waals surface area contributed by atoms with E-state index in [4.69, 9.17) is 0 Å². The zero-order chi connectivity index (χ0) is 13.1. The number of thiophene rings is 1. The molecule has 0 saturated carbocycles. The highest BCUT2D eigenvalue weighted by molar-refractivity contribution is 9.11. The highest BCUT2D eigenvalue weighted by atomic mass is 79.9. The lowest BCUT2D eigenvalue weighted by Crippen LogP contribution is -2.09. The highest BCUT2D eigenvalue weighted by Crippen LogP contribution is 2.28. The van der Waals surface area contributed by atoms with Gasteiger partial charge in [-0.25, -0.2) is 0 Å².